The number of carboxylic acids is 1. The van der Waals surface area contributed by atoms with Gasteiger partial charge in [-0.25, -0.2) is 4.98 Å². The summed E-state index contributed by atoms with van der Waals surface area (Å²) in [6.07, 6.45) is 0.966. The highest BCUT2D eigenvalue weighted by Gasteiger charge is 2.25. The molecule has 0 aliphatic heterocycles. The number of nitrogens with zero attached hydrogens (tertiary/aromatic N) is 4. The van der Waals surface area contributed by atoms with Gasteiger partial charge in [0.2, 0.25) is 0 Å². The molecule has 0 radical (unpaired) electrons. The Hall–Kier alpha value is -1.50. The van der Waals surface area contributed by atoms with Crippen molar-refractivity contribution >= 4 is 28.9 Å². The zero-order chi connectivity index (χ0) is 15.7. The van der Waals surface area contributed by atoms with E-state index in [1.807, 2.05) is 18.7 Å². The number of aliphatic carboxylic acids is 1. The predicted octanol–water partition coefficient (Wildman–Crippen LogP) is 2.86. The minimum absolute atomic E-state index is 0.0182. The van der Waals surface area contributed by atoms with Gasteiger partial charge in [0.05, 0.1) is 11.4 Å². The van der Waals surface area contributed by atoms with Gasteiger partial charge in [0, 0.05) is 13.1 Å². The van der Waals surface area contributed by atoms with E-state index in [1.165, 1.54) is 11.8 Å². The van der Waals surface area contributed by atoms with E-state index in [0.29, 0.717) is 5.92 Å². The lowest BCUT2D eigenvalue weighted by Gasteiger charge is -2.23. The second-order valence-corrected chi connectivity index (χ2v) is 6.49. The number of thioether (sulfide) groups is 1. The van der Waals surface area contributed by atoms with Crippen molar-refractivity contribution in [3.63, 3.8) is 0 Å². The van der Waals surface area contributed by atoms with E-state index in [4.69, 9.17) is 5.11 Å². The zero-order valence-electron chi connectivity index (χ0n) is 13.1. The summed E-state index contributed by atoms with van der Waals surface area (Å²) < 4.78 is 4.00. The van der Waals surface area contributed by atoms with Gasteiger partial charge in [-0.3, -0.25) is 9.48 Å². The highest BCUT2D eigenvalue weighted by Crippen LogP contribution is 2.33. The van der Waals surface area contributed by atoms with E-state index in [-0.39, 0.29) is 11.8 Å². The number of carbonyl (C=O) groups is 1. The van der Waals surface area contributed by atoms with E-state index in [1.54, 1.807) is 0 Å². The summed E-state index contributed by atoms with van der Waals surface area (Å²) in [4.78, 5) is 15.5. The van der Waals surface area contributed by atoms with E-state index < -0.39 is 5.97 Å². The van der Waals surface area contributed by atoms with Gasteiger partial charge in [0.25, 0.3) is 0 Å². The van der Waals surface area contributed by atoms with Crippen LogP contribution in [0.4, 0.5) is 0 Å². The van der Waals surface area contributed by atoms with Gasteiger partial charge in [-0.05, 0) is 19.3 Å². The fourth-order valence-corrected chi connectivity index (χ4v) is 3.52. The molecule has 116 valence electrons. The highest BCUT2D eigenvalue weighted by molar-refractivity contribution is 7.99. The number of carboxylic acid groups (broad SMARTS) is 1. The first kappa shape index (κ1) is 15.9. The molecule has 2 heterocycles. The van der Waals surface area contributed by atoms with E-state index >= 15 is 0 Å². The third-order valence-electron chi connectivity index (χ3n) is 3.65. The summed E-state index contributed by atoms with van der Waals surface area (Å²) in [6.45, 7) is 8.43. The molecule has 1 atom stereocenters. The first-order valence-electron chi connectivity index (χ1n) is 7.12. The molecule has 2 aromatic heterocycles. The van der Waals surface area contributed by atoms with E-state index in [0.717, 1.165) is 28.4 Å². The zero-order valence-corrected chi connectivity index (χ0v) is 13.9. The second-order valence-electron chi connectivity index (χ2n) is 5.55. The van der Waals surface area contributed by atoms with Crippen molar-refractivity contribution in [3.8, 4) is 0 Å². The molecule has 6 nitrogen and oxygen atoms in total. The van der Waals surface area contributed by atoms with Crippen molar-refractivity contribution in [2.24, 2.45) is 13.0 Å². The largest absolute Gasteiger partial charge is 0.481 e. The van der Waals surface area contributed by atoms with Crippen molar-refractivity contribution in [2.75, 3.05) is 5.75 Å². The minimum atomic E-state index is -0.828. The Balaban J connectivity index is 2.60. The maximum Gasteiger partial charge on any atom is 0.313 e. The number of hydrogen-bond donors (Lipinski definition) is 1. The van der Waals surface area contributed by atoms with E-state index in [2.05, 4.69) is 35.4 Å². The molecule has 0 saturated carbocycles. The van der Waals surface area contributed by atoms with Crippen molar-refractivity contribution < 1.29 is 9.90 Å². The molecule has 0 amide bonds. The first-order valence-corrected chi connectivity index (χ1v) is 8.11. The lowest BCUT2D eigenvalue weighted by Crippen LogP contribution is -2.17. The highest BCUT2D eigenvalue weighted by atomic mass is 32.2. The van der Waals surface area contributed by atoms with Crippen molar-refractivity contribution in [2.45, 2.75) is 45.3 Å². The molecule has 0 fully saturated rings. The Morgan fingerprint density at radius 3 is 2.62 bits per heavy atom. The topological polar surface area (TPSA) is 72.9 Å². The first-order chi connectivity index (χ1) is 9.86. The molecule has 0 aliphatic carbocycles. The smallest absolute Gasteiger partial charge is 0.313 e. The fraction of sp³-hybridized carbons (Fsp3) is 0.643. The summed E-state index contributed by atoms with van der Waals surface area (Å²) in [5.74, 6) is -0.373. The molecule has 1 N–H and O–H groups in total. The molecule has 0 aliphatic rings. The van der Waals surface area contributed by atoms with Crippen molar-refractivity contribution in [1.82, 2.24) is 19.3 Å². The van der Waals surface area contributed by atoms with Crippen LogP contribution in [0.15, 0.2) is 5.16 Å². The van der Waals surface area contributed by atoms with Gasteiger partial charge in [0.15, 0.2) is 10.8 Å². The molecule has 0 aromatic carbocycles. The average Bonchev–Trinajstić information content (AvgIpc) is 2.88. The number of aryl methyl sites for hydroxylation is 2. The number of fused-ring (bicyclic) bond motifs is 1. The Morgan fingerprint density at radius 2 is 2.10 bits per heavy atom. The Morgan fingerprint density at radius 1 is 1.43 bits per heavy atom. The molecule has 0 saturated heterocycles. The van der Waals surface area contributed by atoms with Crippen LogP contribution in [0.5, 0.6) is 0 Å². The third-order valence-corrected chi connectivity index (χ3v) is 4.58. The quantitative estimate of drug-likeness (QED) is 0.831. The van der Waals surface area contributed by atoms with Crippen LogP contribution < -0.4 is 0 Å². The maximum absolute atomic E-state index is 10.9. The lowest BCUT2D eigenvalue weighted by atomic mass is 10.0. The van der Waals surface area contributed by atoms with Gasteiger partial charge in [-0.2, -0.15) is 5.10 Å². The van der Waals surface area contributed by atoms with E-state index in [9.17, 15) is 4.79 Å². The standard InChI is InChI=1S/C14H22N4O2S/c1-6-10(8(2)3)18-13-12(9(4)16-17(13)5)15-14(18)21-7-11(19)20/h8,10H,6-7H2,1-5H3,(H,19,20). The molecule has 0 spiro atoms. The summed E-state index contributed by atoms with van der Waals surface area (Å²) in [6, 6.07) is 0.279. The van der Waals surface area contributed by atoms with Crippen LogP contribution in [0.3, 0.4) is 0 Å². The fourth-order valence-electron chi connectivity index (χ4n) is 2.75. The van der Waals surface area contributed by atoms with Crippen LogP contribution in [0.2, 0.25) is 0 Å². The Kier molecular flexibility index (Phi) is 4.61. The second kappa shape index (κ2) is 6.09. The van der Waals surface area contributed by atoms with Crippen LogP contribution in [0, 0.1) is 12.8 Å². The molecular formula is C14H22N4O2S. The molecule has 2 rings (SSSR count). The van der Waals surface area contributed by atoms with Gasteiger partial charge in [0.1, 0.15) is 5.52 Å². The van der Waals surface area contributed by atoms with Crippen LogP contribution in [-0.4, -0.2) is 36.2 Å². The van der Waals surface area contributed by atoms with Crippen LogP contribution in [0.25, 0.3) is 11.2 Å². The molecule has 1 unspecified atom stereocenters. The number of imidazole rings is 1. The van der Waals surface area contributed by atoms with Crippen LogP contribution in [0.1, 0.15) is 38.9 Å². The summed E-state index contributed by atoms with van der Waals surface area (Å²) >= 11 is 1.28. The van der Waals surface area contributed by atoms with Gasteiger partial charge in [-0.15, -0.1) is 0 Å². The lowest BCUT2D eigenvalue weighted by molar-refractivity contribution is -0.133. The maximum atomic E-state index is 10.9. The molecule has 21 heavy (non-hydrogen) atoms. The van der Waals surface area contributed by atoms with Crippen molar-refractivity contribution in [1.29, 1.82) is 0 Å². The summed E-state index contributed by atoms with van der Waals surface area (Å²) in [5, 5.41) is 14.1. The van der Waals surface area contributed by atoms with Gasteiger partial charge >= 0.3 is 5.97 Å². The van der Waals surface area contributed by atoms with Crippen LogP contribution in [-0.2, 0) is 11.8 Å². The number of aromatic nitrogens is 4. The number of hydrogen-bond acceptors (Lipinski definition) is 4. The molecular weight excluding hydrogens is 288 g/mol. The molecule has 7 heteroatoms. The number of rotatable bonds is 6. The molecule has 0 bridgehead atoms. The SMILES string of the molecule is CCC(C(C)C)n1c(SCC(=O)O)nc2c(C)nn(C)c21. The van der Waals surface area contributed by atoms with Crippen LogP contribution >= 0.6 is 11.8 Å². The Bertz CT molecular complexity index is 660. The molecule has 2 aromatic rings. The predicted molar refractivity (Wildman–Crippen MR) is 83.8 cm³/mol. The average molecular weight is 310 g/mol. The Labute approximate surface area is 128 Å². The third kappa shape index (κ3) is 2.92. The van der Waals surface area contributed by atoms with Gasteiger partial charge < -0.3 is 9.67 Å². The summed E-state index contributed by atoms with van der Waals surface area (Å²) in [5.41, 5.74) is 2.72. The monoisotopic (exact) mass is 310 g/mol. The summed E-state index contributed by atoms with van der Waals surface area (Å²) in [7, 11) is 1.91. The normalized spacial score (nSPS) is 13.2. The minimum Gasteiger partial charge on any atom is -0.481 e. The van der Waals surface area contributed by atoms with Crippen molar-refractivity contribution in [3.05, 3.63) is 5.69 Å². The van der Waals surface area contributed by atoms with Gasteiger partial charge in [-0.1, -0.05) is 32.5 Å².